The van der Waals surface area contributed by atoms with Gasteiger partial charge in [-0.2, -0.15) is 5.01 Å². The quantitative estimate of drug-likeness (QED) is 0.668. The largest absolute Gasteiger partial charge is 0.289 e. The van der Waals surface area contributed by atoms with Crippen molar-refractivity contribution in [2.45, 2.75) is 13.8 Å². The molecule has 1 aliphatic rings. The summed E-state index contributed by atoms with van der Waals surface area (Å²) in [7, 11) is 0. The van der Waals surface area contributed by atoms with Crippen molar-refractivity contribution in [2.24, 2.45) is 11.8 Å². The van der Waals surface area contributed by atoms with Gasteiger partial charge >= 0.3 is 0 Å². The Kier molecular flexibility index (Phi) is 3.95. The summed E-state index contributed by atoms with van der Waals surface area (Å²) in [6.45, 7) is 3.43. The molecule has 2 atom stereocenters. The lowest BCUT2D eigenvalue weighted by molar-refractivity contribution is -0.138. The van der Waals surface area contributed by atoms with Gasteiger partial charge in [0.2, 0.25) is 0 Å². The highest BCUT2D eigenvalue weighted by molar-refractivity contribution is 6.48. The minimum absolute atomic E-state index is 0.231. The zero-order valence-electron chi connectivity index (χ0n) is 10.2. The van der Waals surface area contributed by atoms with Crippen molar-refractivity contribution < 1.29 is 9.59 Å². The highest BCUT2D eigenvalue weighted by Crippen LogP contribution is 2.34. The highest BCUT2D eigenvalue weighted by atomic mass is 35.5. The highest BCUT2D eigenvalue weighted by Gasteiger charge is 2.42. The van der Waals surface area contributed by atoms with E-state index < -0.39 is 0 Å². The van der Waals surface area contributed by atoms with Crippen molar-refractivity contribution in [3.63, 3.8) is 0 Å². The van der Waals surface area contributed by atoms with Gasteiger partial charge in [0, 0.05) is 11.8 Å². The maximum Gasteiger partial charge on any atom is 0.251 e. The second-order valence-electron chi connectivity index (χ2n) is 4.45. The summed E-state index contributed by atoms with van der Waals surface area (Å²) in [6, 6.07) is 3.01. The van der Waals surface area contributed by atoms with Crippen LogP contribution in [0.15, 0.2) is 12.1 Å². The first-order valence-corrected chi connectivity index (χ1v) is 6.75. The van der Waals surface area contributed by atoms with E-state index >= 15 is 0 Å². The van der Waals surface area contributed by atoms with Gasteiger partial charge in [-0.1, -0.05) is 48.7 Å². The SMILES string of the molecule is CC1C(=O)N(Nc2cc(Cl)c(Cl)c(Cl)c2)C(=O)C1C. The number of benzene rings is 1. The Bertz CT molecular complexity index is 519. The number of carbonyl (C=O) groups excluding carboxylic acids is 2. The number of carbonyl (C=O) groups is 2. The predicted octanol–water partition coefficient (Wildman–Crippen LogP) is 3.61. The Morgan fingerprint density at radius 3 is 1.84 bits per heavy atom. The minimum atomic E-state index is -0.349. The molecular formula is C12H11Cl3N2O2. The minimum Gasteiger partial charge on any atom is -0.289 e. The van der Waals surface area contributed by atoms with Crippen LogP contribution in [-0.4, -0.2) is 16.8 Å². The fourth-order valence-corrected chi connectivity index (χ4v) is 2.40. The van der Waals surface area contributed by atoms with Crippen LogP contribution in [-0.2, 0) is 9.59 Å². The average Bonchev–Trinajstić information content (AvgIpc) is 2.54. The molecule has 102 valence electrons. The summed E-state index contributed by atoms with van der Waals surface area (Å²) < 4.78 is 0. The number of hydrogen-bond acceptors (Lipinski definition) is 3. The van der Waals surface area contributed by atoms with E-state index in [4.69, 9.17) is 34.8 Å². The van der Waals surface area contributed by atoms with Gasteiger partial charge in [0.15, 0.2) is 0 Å². The molecule has 1 heterocycles. The van der Waals surface area contributed by atoms with Crippen LogP contribution in [0.4, 0.5) is 5.69 Å². The number of hydrogen-bond donors (Lipinski definition) is 1. The van der Waals surface area contributed by atoms with E-state index in [1.807, 2.05) is 0 Å². The lowest BCUT2D eigenvalue weighted by atomic mass is 10.00. The van der Waals surface area contributed by atoms with Crippen LogP contribution in [0.3, 0.4) is 0 Å². The molecule has 1 fully saturated rings. The first-order valence-electron chi connectivity index (χ1n) is 5.62. The molecule has 1 N–H and O–H groups in total. The molecule has 1 saturated heterocycles. The van der Waals surface area contributed by atoms with Crippen LogP contribution in [0.25, 0.3) is 0 Å². The first kappa shape index (κ1) is 14.4. The topological polar surface area (TPSA) is 49.4 Å². The van der Waals surface area contributed by atoms with Gasteiger partial charge in [0.25, 0.3) is 11.8 Å². The maximum atomic E-state index is 11.9. The van der Waals surface area contributed by atoms with Crippen LogP contribution in [0.1, 0.15) is 13.8 Å². The fourth-order valence-electron chi connectivity index (χ4n) is 1.80. The van der Waals surface area contributed by atoms with Crippen LogP contribution in [0.5, 0.6) is 0 Å². The number of hydrazine groups is 1. The fraction of sp³-hybridized carbons (Fsp3) is 0.333. The molecule has 19 heavy (non-hydrogen) atoms. The monoisotopic (exact) mass is 320 g/mol. The number of imide groups is 1. The molecule has 0 saturated carbocycles. The number of halogens is 3. The normalized spacial score (nSPS) is 23.1. The molecule has 1 aliphatic heterocycles. The first-order chi connectivity index (χ1) is 8.82. The molecule has 1 aromatic rings. The van der Waals surface area contributed by atoms with Crippen molar-refractivity contribution in [1.82, 2.24) is 5.01 Å². The standard InChI is InChI=1S/C12H11Cl3N2O2/c1-5-6(2)12(19)17(11(5)18)16-7-3-8(13)10(15)9(14)4-7/h3-6,16H,1-2H3. The van der Waals surface area contributed by atoms with Crippen molar-refractivity contribution in [2.75, 3.05) is 5.43 Å². The number of nitrogens with one attached hydrogen (secondary N) is 1. The third-order valence-electron chi connectivity index (χ3n) is 3.19. The summed E-state index contributed by atoms with van der Waals surface area (Å²) >= 11 is 17.6. The van der Waals surface area contributed by atoms with Gasteiger partial charge in [-0.05, 0) is 12.1 Å². The van der Waals surface area contributed by atoms with Gasteiger partial charge in [-0.25, -0.2) is 0 Å². The lowest BCUT2D eigenvalue weighted by Gasteiger charge is -2.17. The molecule has 7 heteroatoms. The van der Waals surface area contributed by atoms with Crippen LogP contribution < -0.4 is 5.43 Å². The average molecular weight is 322 g/mol. The molecule has 4 nitrogen and oxygen atoms in total. The second-order valence-corrected chi connectivity index (χ2v) is 5.65. The van der Waals surface area contributed by atoms with Crippen molar-refractivity contribution in [3.8, 4) is 0 Å². The van der Waals surface area contributed by atoms with E-state index in [-0.39, 0.29) is 38.7 Å². The van der Waals surface area contributed by atoms with Crippen LogP contribution >= 0.6 is 34.8 Å². The predicted molar refractivity (Wildman–Crippen MR) is 75.3 cm³/mol. The Labute approximate surface area is 125 Å². The summed E-state index contributed by atoms with van der Waals surface area (Å²) in [5.41, 5.74) is 3.15. The zero-order chi connectivity index (χ0) is 14.3. The summed E-state index contributed by atoms with van der Waals surface area (Å²) in [4.78, 5) is 23.8. The summed E-state index contributed by atoms with van der Waals surface area (Å²) in [6.07, 6.45) is 0. The smallest absolute Gasteiger partial charge is 0.251 e. The molecule has 0 aromatic heterocycles. The van der Waals surface area contributed by atoms with E-state index in [9.17, 15) is 9.59 Å². The number of anilines is 1. The molecule has 1 aromatic carbocycles. The molecule has 2 rings (SSSR count). The lowest BCUT2D eigenvalue weighted by Crippen LogP contribution is -2.36. The second kappa shape index (κ2) is 5.19. The number of rotatable bonds is 2. The molecule has 2 amide bonds. The molecule has 0 radical (unpaired) electrons. The Morgan fingerprint density at radius 1 is 1.00 bits per heavy atom. The molecular weight excluding hydrogens is 311 g/mol. The van der Waals surface area contributed by atoms with E-state index in [2.05, 4.69) is 5.43 Å². The van der Waals surface area contributed by atoms with E-state index in [0.717, 1.165) is 5.01 Å². The maximum absolute atomic E-state index is 11.9. The van der Waals surface area contributed by atoms with E-state index in [1.165, 1.54) is 12.1 Å². The molecule has 2 unspecified atom stereocenters. The third-order valence-corrected chi connectivity index (χ3v) is 4.39. The summed E-state index contributed by atoms with van der Waals surface area (Å²) in [5.74, 6) is -1.25. The van der Waals surface area contributed by atoms with Gasteiger partial charge in [0.1, 0.15) is 0 Å². The Morgan fingerprint density at radius 2 is 1.42 bits per heavy atom. The van der Waals surface area contributed by atoms with Gasteiger partial charge in [-0.15, -0.1) is 0 Å². The van der Waals surface area contributed by atoms with Gasteiger partial charge in [-0.3, -0.25) is 15.0 Å². The molecule has 0 aliphatic carbocycles. The number of amides is 2. The molecule has 0 bridgehead atoms. The van der Waals surface area contributed by atoms with E-state index in [0.29, 0.717) is 5.69 Å². The zero-order valence-corrected chi connectivity index (χ0v) is 12.5. The molecule has 0 spiro atoms. The van der Waals surface area contributed by atoms with Crippen LogP contribution in [0, 0.1) is 11.8 Å². The van der Waals surface area contributed by atoms with Crippen molar-refractivity contribution in [3.05, 3.63) is 27.2 Å². The third kappa shape index (κ3) is 2.53. The van der Waals surface area contributed by atoms with Gasteiger partial charge in [0.05, 0.1) is 20.8 Å². The Hall–Kier alpha value is -0.970. The summed E-state index contributed by atoms with van der Waals surface area (Å²) in [5, 5.41) is 1.72. The van der Waals surface area contributed by atoms with E-state index in [1.54, 1.807) is 13.8 Å². The van der Waals surface area contributed by atoms with Crippen LogP contribution in [0.2, 0.25) is 15.1 Å². The van der Waals surface area contributed by atoms with Gasteiger partial charge < -0.3 is 0 Å². The number of nitrogens with zero attached hydrogens (tertiary/aromatic N) is 1. The Balaban J connectivity index is 2.27. The van der Waals surface area contributed by atoms with Crippen molar-refractivity contribution >= 4 is 52.3 Å². The van der Waals surface area contributed by atoms with Crippen molar-refractivity contribution in [1.29, 1.82) is 0 Å².